The Morgan fingerprint density at radius 3 is 2.14 bits per heavy atom. The molecule has 0 saturated heterocycles. The smallest absolute Gasteiger partial charge is 0.317 e. The Morgan fingerprint density at radius 1 is 1.24 bits per heavy atom. The quantitative estimate of drug-likeness (QED) is 0.608. The molecule has 0 fully saturated rings. The van der Waals surface area contributed by atoms with Gasteiger partial charge in [-0.1, -0.05) is 27.7 Å². The highest BCUT2D eigenvalue weighted by molar-refractivity contribution is 5.75. The van der Waals surface area contributed by atoms with E-state index in [1.165, 1.54) is 6.92 Å². The third kappa shape index (κ3) is 7.90. The van der Waals surface area contributed by atoms with E-state index in [4.69, 9.17) is 5.11 Å². The average Bonchev–Trinajstić information content (AvgIpc) is 2.34. The van der Waals surface area contributed by atoms with Gasteiger partial charge in [-0.2, -0.15) is 0 Å². The molecule has 2 amide bonds. The van der Waals surface area contributed by atoms with Gasteiger partial charge in [0, 0.05) is 19.1 Å². The molecule has 0 heterocycles. The second-order valence-corrected chi connectivity index (χ2v) is 6.24. The fraction of sp³-hybridized carbons (Fsp3) is 0.867. The zero-order valence-corrected chi connectivity index (χ0v) is 13.8. The Kier molecular flexibility index (Phi) is 8.32. The number of aliphatic hydroxyl groups is 1. The monoisotopic (exact) mass is 302 g/mol. The molecule has 0 aromatic heterocycles. The molecule has 1 unspecified atom stereocenters. The van der Waals surface area contributed by atoms with E-state index in [1.54, 1.807) is 4.90 Å². The molecular weight excluding hydrogens is 272 g/mol. The first-order valence-corrected chi connectivity index (χ1v) is 7.61. The predicted octanol–water partition coefficient (Wildman–Crippen LogP) is 2.07. The van der Waals surface area contributed by atoms with Crippen molar-refractivity contribution in [3.05, 3.63) is 0 Å². The second kappa shape index (κ2) is 8.87. The molecular formula is C15H30N2O4. The minimum atomic E-state index is -1.45. The number of hydrogen-bond donors (Lipinski definition) is 3. The van der Waals surface area contributed by atoms with Gasteiger partial charge in [-0.3, -0.25) is 4.79 Å². The van der Waals surface area contributed by atoms with Crippen LogP contribution >= 0.6 is 0 Å². The number of nitrogens with one attached hydrogen (secondary N) is 1. The van der Waals surface area contributed by atoms with Gasteiger partial charge in [0.2, 0.25) is 0 Å². The highest BCUT2D eigenvalue weighted by Crippen LogP contribution is 2.13. The molecule has 0 aromatic carbocycles. The fourth-order valence-corrected chi connectivity index (χ4v) is 2.28. The summed E-state index contributed by atoms with van der Waals surface area (Å²) in [5.41, 5.74) is -1.45. The summed E-state index contributed by atoms with van der Waals surface area (Å²) in [6, 6.07) is -0.0973. The van der Waals surface area contributed by atoms with Crippen LogP contribution in [0.25, 0.3) is 0 Å². The van der Waals surface area contributed by atoms with Gasteiger partial charge in [0.05, 0.1) is 12.0 Å². The van der Waals surface area contributed by atoms with Gasteiger partial charge in [0.1, 0.15) is 0 Å². The summed E-state index contributed by atoms with van der Waals surface area (Å²) < 4.78 is 0. The van der Waals surface area contributed by atoms with Crippen molar-refractivity contribution in [2.45, 2.75) is 65.5 Å². The topological polar surface area (TPSA) is 89.9 Å². The van der Waals surface area contributed by atoms with Crippen molar-refractivity contribution in [3.8, 4) is 0 Å². The lowest BCUT2D eigenvalue weighted by molar-refractivity contribution is -0.141. The molecule has 21 heavy (non-hydrogen) atoms. The van der Waals surface area contributed by atoms with Crippen molar-refractivity contribution in [2.75, 3.05) is 13.1 Å². The van der Waals surface area contributed by atoms with Gasteiger partial charge < -0.3 is 20.4 Å². The van der Waals surface area contributed by atoms with E-state index in [2.05, 4.69) is 5.32 Å². The zero-order valence-electron chi connectivity index (χ0n) is 13.8. The lowest BCUT2D eigenvalue weighted by atomic mass is 10.0. The molecule has 0 radical (unpaired) electrons. The number of urea groups is 1. The minimum absolute atomic E-state index is 0.0765. The SMILES string of the molecule is CCC(CC)N(CC(C)C)C(=O)NCC(C)(O)CC(=O)O. The highest BCUT2D eigenvalue weighted by atomic mass is 16.4. The van der Waals surface area contributed by atoms with E-state index in [-0.39, 0.29) is 18.6 Å². The van der Waals surface area contributed by atoms with Crippen LogP contribution in [0.15, 0.2) is 0 Å². The molecule has 124 valence electrons. The first kappa shape index (κ1) is 19.7. The van der Waals surface area contributed by atoms with Crippen LogP contribution in [-0.2, 0) is 4.79 Å². The van der Waals surface area contributed by atoms with Crippen molar-refractivity contribution in [1.29, 1.82) is 0 Å². The third-order valence-corrected chi connectivity index (χ3v) is 3.36. The lowest BCUT2D eigenvalue weighted by Gasteiger charge is -2.33. The van der Waals surface area contributed by atoms with Gasteiger partial charge in [0.15, 0.2) is 0 Å². The van der Waals surface area contributed by atoms with Gasteiger partial charge in [-0.15, -0.1) is 0 Å². The van der Waals surface area contributed by atoms with Crippen molar-refractivity contribution in [1.82, 2.24) is 10.2 Å². The average molecular weight is 302 g/mol. The van der Waals surface area contributed by atoms with Crippen molar-refractivity contribution < 1.29 is 19.8 Å². The number of rotatable bonds is 9. The molecule has 0 spiro atoms. The number of carboxylic acids is 1. The largest absolute Gasteiger partial charge is 0.481 e. The standard InChI is InChI=1S/C15H30N2O4/c1-6-12(7-2)17(9-11(3)4)14(20)16-10-15(5,21)8-13(18)19/h11-12,21H,6-10H2,1-5H3,(H,16,20)(H,18,19). The molecule has 0 aliphatic carbocycles. The number of hydrogen-bond acceptors (Lipinski definition) is 3. The minimum Gasteiger partial charge on any atom is -0.481 e. The molecule has 0 aliphatic rings. The van der Waals surface area contributed by atoms with Gasteiger partial charge in [-0.25, -0.2) is 4.79 Å². The Hall–Kier alpha value is -1.30. The van der Waals surface area contributed by atoms with E-state index in [1.807, 2.05) is 27.7 Å². The summed E-state index contributed by atoms with van der Waals surface area (Å²) in [4.78, 5) is 24.8. The summed E-state index contributed by atoms with van der Waals surface area (Å²) >= 11 is 0. The Bertz CT molecular complexity index is 339. The maximum Gasteiger partial charge on any atom is 0.317 e. The summed E-state index contributed by atoms with van der Waals surface area (Å²) in [6.45, 7) is 10.1. The van der Waals surface area contributed by atoms with Gasteiger partial charge in [0.25, 0.3) is 0 Å². The molecule has 0 aliphatic heterocycles. The maximum absolute atomic E-state index is 12.3. The van der Waals surface area contributed by atoms with Crippen LogP contribution < -0.4 is 5.32 Å². The summed E-state index contributed by atoms with van der Waals surface area (Å²) in [5, 5.41) is 21.3. The van der Waals surface area contributed by atoms with E-state index >= 15 is 0 Å². The summed E-state index contributed by atoms with van der Waals surface area (Å²) in [6.07, 6.45) is 1.33. The molecule has 6 heteroatoms. The van der Waals surface area contributed by atoms with E-state index < -0.39 is 18.0 Å². The number of nitrogens with zero attached hydrogens (tertiary/aromatic N) is 1. The van der Waals surface area contributed by atoms with Crippen LogP contribution in [0, 0.1) is 5.92 Å². The van der Waals surface area contributed by atoms with Crippen LogP contribution in [0.3, 0.4) is 0 Å². The van der Waals surface area contributed by atoms with E-state index in [0.717, 1.165) is 12.8 Å². The molecule has 3 N–H and O–H groups in total. The molecule has 0 rings (SSSR count). The van der Waals surface area contributed by atoms with Gasteiger partial charge in [-0.05, 0) is 25.7 Å². The highest BCUT2D eigenvalue weighted by Gasteiger charge is 2.27. The normalized spacial score (nSPS) is 14.1. The number of carbonyl (C=O) groups excluding carboxylic acids is 1. The molecule has 0 bridgehead atoms. The van der Waals surface area contributed by atoms with Crippen molar-refractivity contribution >= 4 is 12.0 Å². The molecule has 6 nitrogen and oxygen atoms in total. The van der Waals surface area contributed by atoms with Crippen LogP contribution in [0.1, 0.15) is 53.9 Å². The number of amides is 2. The number of carboxylic acid groups (broad SMARTS) is 1. The summed E-state index contributed by atoms with van der Waals surface area (Å²) in [5.74, 6) is -0.746. The maximum atomic E-state index is 12.3. The van der Waals surface area contributed by atoms with Gasteiger partial charge >= 0.3 is 12.0 Å². The molecule has 0 saturated carbocycles. The first-order valence-electron chi connectivity index (χ1n) is 7.61. The Labute approximate surface area is 127 Å². The first-order chi connectivity index (χ1) is 9.62. The van der Waals surface area contributed by atoms with Crippen LogP contribution in [0.2, 0.25) is 0 Å². The molecule has 1 atom stereocenters. The number of aliphatic carboxylic acids is 1. The lowest BCUT2D eigenvalue weighted by Crippen LogP contribution is -2.51. The van der Waals surface area contributed by atoms with Crippen molar-refractivity contribution in [2.24, 2.45) is 5.92 Å². The Balaban J connectivity index is 4.70. The van der Waals surface area contributed by atoms with E-state index in [0.29, 0.717) is 12.5 Å². The van der Waals surface area contributed by atoms with Crippen molar-refractivity contribution in [3.63, 3.8) is 0 Å². The predicted molar refractivity (Wildman–Crippen MR) is 82.2 cm³/mol. The van der Waals surface area contributed by atoms with Crippen LogP contribution in [-0.4, -0.2) is 51.8 Å². The summed E-state index contributed by atoms with van der Waals surface area (Å²) in [7, 11) is 0. The Morgan fingerprint density at radius 2 is 1.76 bits per heavy atom. The second-order valence-electron chi connectivity index (χ2n) is 6.24. The fourth-order valence-electron chi connectivity index (χ4n) is 2.28. The van der Waals surface area contributed by atoms with E-state index in [9.17, 15) is 14.7 Å². The third-order valence-electron chi connectivity index (χ3n) is 3.36. The van der Waals surface area contributed by atoms with Crippen LogP contribution in [0.5, 0.6) is 0 Å². The van der Waals surface area contributed by atoms with Crippen LogP contribution in [0.4, 0.5) is 4.79 Å². The number of carbonyl (C=O) groups is 2. The zero-order chi connectivity index (χ0) is 16.6. The molecule has 0 aromatic rings.